The fourth-order valence-corrected chi connectivity index (χ4v) is 3.69. The Morgan fingerprint density at radius 2 is 1.37 bits per heavy atom. The molecule has 1 aliphatic heterocycles. The third kappa shape index (κ3) is 6.80. The van der Waals surface area contributed by atoms with Gasteiger partial charge >= 0.3 is 18.4 Å². The van der Waals surface area contributed by atoms with Crippen molar-refractivity contribution in [1.29, 1.82) is 0 Å². The van der Waals surface area contributed by atoms with E-state index in [2.05, 4.69) is 10.6 Å². The van der Waals surface area contributed by atoms with Gasteiger partial charge in [-0.15, -0.1) is 0 Å². The standard InChI is InChI=1S/C23H24F6N4O2/c1-13(2)30-20(34)18-12-16(5-6-19(18)33-7-3-4-8-33)31-21(35)32-17-10-14(22(24,25)26)9-15(11-17)23(27,28)29/h5-6,9-13H,3-4,7-8H2,1-2H3,(H,30,34)(H2,31,32,35). The fourth-order valence-electron chi connectivity index (χ4n) is 3.69. The summed E-state index contributed by atoms with van der Waals surface area (Å²) in [6, 6.07) is 4.13. The van der Waals surface area contributed by atoms with Crippen molar-refractivity contribution in [2.45, 2.75) is 45.1 Å². The Morgan fingerprint density at radius 3 is 1.89 bits per heavy atom. The number of urea groups is 1. The molecule has 0 atom stereocenters. The van der Waals surface area contributed by atoms with Gasteiger partial charge in [0, 0.05) is 36.2 Å². The summed E-state index contributed by atoms with van der Waals surface area (Å²) in [6.07, 6.45) is -8.16. The van der Waals surface area contributed by atoms with E-state index in [0.29, 0.717) is 17.8 Å². The lowest BCUT2D eigenvalue weighted by Crippen LogP contribution is -2.32. The number of amides is 3. The smallest absolute Gasteiger partial charge is 0.371 e. The zero-order valence-electron chi connectivity index (χ0n) is 18.9. The molecule has 1 fully saturated rings. The minimum atomic E-state index is -5.04. The third-order valence-electron chi connectivity index (χ3n) is 5.21. The summed E-state index contributed by atoms with van der Waals surface area (Å²) in [4.78, 5) is 27.2. The summed E-state index contributed by atoms with van der Waals surface area (Å²) in [6.45, 7) is 5.08. The van der Waals surface area contributed by atoms with Crippen LogP contribution < -0.4 is 20.9 Å². The lowest BCUT2D eigenvalue weighted by atomic mass is 10.1. The van der Waals surface area contributed by atoms with Crippen LogP contribution in [0.4, 0.5) is 48.2 Å². The molecule has 0 spiro atoms. The SMILES string of the molecule is CC(C)NC(=O)c1cc(NC(=O)Nc2cc(C(F)(F)F)cc(C(F)(F)F)c2)ccc1N1CCCC1. The minimum Gasteiger partial charge on any atom is -0.371 e. The highest BCUT2D eigenvalue weighted by Gasteiger charge is 2.37. The zero-order chi connectivity index (χ0) is 26.0. The second kappa shape index (κ2) is 10.0. The van der Waals surface area contributed by atoms with Crippen LogP contribution in [0.25, 0.3) is 0 Å². The predicted molar refractivity (Wildman–Crippen MR) is 120 cm³/mol. The number of nitrogens with zero attached hydrogens (tertiary/aromatic N) is 1. The number of benzene rings is 2. The average molecular weight is 502 g/mol. The maximum atomic E-state index is 13.1. The van der Waals surface area contributed by atoms with Crippen LogP contribution in [0, 0.1) is 0 Å². The lowest BCUT2D eigenvalue weighted by Gasteiger charge is -2.22. The van der Waals surface area contributed by atoms with E-state index < -0.39 is 35.2 Å². The van der Waals surface area contributed by atoms with Gasteiger partial charge in [-0.3, -0.25) is 4.79 Å². The van der Waals surface area contributed by atoms with Crippen molar-refractivity contribution in [3.63, 3.8) is 0 Å². The van der Waals surface area contributed by atoms with Crippen LogP contribution >= 0.6 is 0 Å². The molecular formula is C23H24F6N4O2. The maximum absolute atomic E-state index is 13.1. The molecule has 35 heavy (non-hydrogen) atoms. The van der Waals surface area contributed by atoms with E-state index in [4.69, 9.17) is 0 Å². The first-order valence-corrected chi connectivity index (χ1v) is 10.8. The molecule has 1 heterocycles. The Labute approximate surface area is 197 Å². The van der Waals surface area contributed by atoms with Crippen LogP contribution in [0.2, 0.25) is 0 Å². The molecule has 6 nitrogen and oxygen atoms in total. The summed E-state index contributed by atoms with van der Waals surface area (Å²) < 4.78 is 78.4. The van der Waals surface area contributed by atoms with Gasteiger partial charge in [0.15, 0.2) is 0 Å². The molecule has 12 heteroatoms. The molecule has 0 saturated carbocycles. The van der Waals surface area contributed by atoms with Crippen molar-refractivity contribution < 1.29 is 35.9 Å². The lowest BCUT2D eigenvalue weighted by molar-refractivity contribution is -0.143. The molecule has 3 N–H and O–H groups in total. The van der Waals surface area contributed by atoms with Gasteiger partial charge in [0.25, 0.3) is 5.91 Å². The molecule has 2 aromatic rings. The molecule has 0 aromatic heterocycles. The van der Waals surface area contributed by atoms with Gasteiger partial charge < -0.3 is 20.9 Å². The number of anilines is 3. The Morgan fingerprint density at radius 1 is 0.829 bits per heavy atom. The quantitative estimate of drug-likeness (QED) is 0.432. The van der Waals surface area contributed by atoms with Crippen molar-refractivity contribution in [1.82, 2.24) is 5.32 Å². The first-order valence-electron chi connectivity index (χ1n) is 10.8. The monoisotopic (exact) mass is 502 g/mol. The van der Waals surface area contributed by atoms with E-state index in [-0.39, 0.29) is 29.3 Å². The number of hydrogen-bond acceptors (Lipinski definition) is 3. The van der Waals surface area contributed by atoms with Gasteiger partial charge in [-0.05, 0) is 63.1 Å². The number of rotatable bonds is 5. The summed E-state index contributed by atoms with van der Waals surface area (Å²) in [5.74, 6) is -0.376. The Balaban J connectivity index is 1.85. The van der Waals surface area contributed by atoms with E-state index in [1.54, 1.807) is 19.9 Å². The normalized spacial score (nSPS) is 14.3. The number of carbonyl (C=O) groups is 2. The minimum absolute atomic E-state index is 0.0280. The predicted octanol–water partition coefficient (Wildman–Crippen LogP) is 6.11. The molecule has 190 valence electrons. The van der Waals surface area contributed by atoms with Crippen LogP contribution in [-0.4, -0.2) is 31.1 Å². The van der Waals surface area contributed by atoms with E-state index in [1.165, 1.54) is 12.1 Å². The van der Waals surface area contributed by atoms with E-state index in [1.807, 2.05) is 10.2 Å². The maximum Gasteiger partial charge on any atom is 0.416 e. The highest BCUT2D eigenvalue weighted by atomic mass is 19.4. The number of carbonyl (C=O) groups excluding carboxylic acids is 2. The largest absolute Gasteiger partial charge is 0.416 e. The van der Waals surface area contributed by atoms with Crippen LogP contribution in [0.3, 0.4) is 0 Å². The van der Waals surface area contributed by atoms with Crippen molar-refractivity contribution in [2.75, 3.05) is 28.6 Å². The van der Waals surface area contributed by atoms with E-state index in [9.17, 15) is 35.9 Å². The molecule has 0 radical (unpaired) electrons. The summed E-state index contributed by atoms with van der Waals surface area (Å²) in [5.41, 5.74) is -2.69. The van der Waals surface area contributed by atoms with E-state index >= 15 is 0 Å². The van der Waals surface area contributed by atoms with Gasteiger partial charge in [0.05, 0.1) is 16.7 Å². The average Bonchev–Trinajstić information content (AvgIpc) is 3.26. The highest BCUT2D eigenvalue weighted by Crippen LogP contribution is 2.37. The van der Waals surface area contributed by atoms with Crippen LogP contribution in [0.1, 0.15) is 48.2 Å². The van der Waals surface area contributed by atoms with Gasteiger partial charge in [-0.2, -0.15) is 26.3 Å². The Kier molecular flexibility index (Phi) is 7.51. The first kappa shape index (κ1) is 26.2. The summed E-state index contributed by atoms with van der Waals surface area (Å²) in [5, 5.41) is 7.14. The van der Waals surface area contributed by atoms with E-state index in [0.717, 1.165) is 25.9 Å². The van der Waals surface area contributed by atoms with Crippen molar-refractivity contribution in [3.05, 3.63) is 53.1 Å². The molecule has 3 rings (SSSR count). The third-order valence-corrected chi connectivity index (χ3v) is 5.21. The molecule has 0 bridgehead atoms. The molecule has 1 saturated heterocycles. The fraction of sp³-hybridized carbons (Fsp3) is 0.391. The second-order valence-electron chi connectivity index (χ2n) is 8.43. The topological polar surface area (TPSA) is 73.5 Å². The van der Waals surface area contributed by atoms with Crippen LogP contribution in [0.15, 0.2) is 36.4 Å². The van der Waals surface area contributed by atoms with Gasteiger partial charge in [0.2, 0.25) is 0 Å². The van der Waals surface area contributed by atoms with Crippen molar-refractivity contribution >= 4 is 29.0 Å². The number of halogens is 6. The zero-order valence-corrected chi connectivity index (χ0v) is 18.9. The van der Waals surface area contributed by atoms with Crippen LogP contribution in [-0.2, 0) is 12.4 Å². The molecule has 1 aliphatic rings. The Bertz CT molecular complexity index is 1060. The molecule has 3 amide bonds. The Hall–Kier alpha value is -3.44. The summed E-state index contributed by atoms with van der Waals surface area (Å²) in [7, 11) is 0. The van der Waals surface area contributed by atoms with Crippen molar-refractivity contribution in [2.24, 2.45) is 0 Å². The van der Waals surface area contributed by atoms with Gasteiger partial charge in [-0.25, -0.2) is 4.79 Å². The number of alkyl halides is 6. The first-order chi connectivity index (χ1) is 16.2. The molecule has 2 aromatic carbocycles. The van der Waals surface area contributed by atoms with Crippen LogP contribution in [0.5, 0.6) is 0 Å². The van der Waals surface area contributed by atoms with Gasteiger partial charge in [-0.1, -0.05) is 0 Å². The number of hydrogen-bond donors (Lipinski definition) is 3. The number of nitrogens with one attached hydrogen (secondary N) is 3. The molecular weight excluding hydrogens is 478 g/mol. The second-order valence-corrected chi connectivity index (χ2v) is 8.43. The highest BCUT2D eigenvalue weighted by molar-refractivity contribution is 6.04. The molecule has 0 aliphatic carbocycles. The molecule has 0 unspecified atom stereocenters. The van der Waals surface area contributed by atoms with Crippen molar-refractivity contribution in [3.8, 4) is 0 Å². The summed E-state index contributed by atoms with van der Waals surface area (Å²) >= 11 is 0. The van der Waals surface area contributed by atoms with Gasteiger partial charge in [0.1, 0.15) is 0 Å².